The van der Waals surface area contributed by atoms with Crippen LogP contribution in [0, 0.1) is 0 Å². The number of aliphatic hydroxyl groups excluding tert-OH is 1. The molecule has 3 heterocycles. The van der Waals surface area contributed by atoms with Crippen LogP contribution in [0.25, 0.3) is 0 Å². The molecule has 1 aromatic rings. The van der Waals surface area contributed by atoms with Crippen LogP contribution >= 0.6 is 0 Å². The van der Waals surface area contributed by atoms with Crippen molar-refractivity contribution in [1.82, 2.24) is 9.47 Å². The van der Waals surface area contributed by atoms with Crippen LogP contribution < -0.4 is 5.56 Å². The van der Waals surface area contributed by atoms with Crippen molar-refractivity contribution in [3.63, 3.8) is 0 Å². The summed E-state index contributed by atoms with van der Waals surface area (Å²) < 4.78 is 7.26. The first kappa shape index (κ1) is 15.2. The largest absolute Gasteiger partial charge is 0.390 e. The molecule has 1 amide bonds. The third kappa shape index (κ3) is 2.68. The van der Waals surface area contributed by atoms with E-state index in [4.69, 9.17) is 4.74 Å². The van der Waals surface area contributed by atoms with E-state index in [-0.39, 0.29) is 11.5 Å². The van der Waals surface area contributed by atoms with Crippen LogP contribution in [-0.4, -0.2) is 51.9 Å². The van der Waals surface area contributed by atoms with Gasteiger partial charge in [-0.3, -0.25) is 9.59 Å². The lowest BCUT2D eigenvalue weighted by atomic mass is 9.82. The summed E-state index contributed by atoms with van der Waals surface area (Å²) in [6.45, 7) is 1.82. The number of ether oxygens (including phenoxy) is 1. The zero-order valence-corrected chi connectivity index (χ0v) is 12.8. The molecule has 0 aliphatic carbocycles. The van der Waals surface area contributed by atoms with E-state index < -0.39 is 11.7 Å². The molecule has 0 bridgehead atoms. The normalized spacial score (nSPS) is 24.5. The van der Waals surface area contributed by atoms with Gasteiger partial charge in [0.25, 0.3) is 5.91 Å². The molecule has 0 radical (unpaired) electrons. The number of rotatable bonds is 1. The lowest BCUT2D eigenvalue weighted by Crippen LogP contribution is -2.56. The zero-order valence-electron chi connectivity index (χ0n) is 12.8. The number of carbonyl (C=O) groups excluding carboxylic acids is 1. The monoisotopic (exact) mass is 306 g/mol. The molecule has 2 aliphatic heterocycles. The fraction of sp³-hybridized carbons (Fsp3) is 0.625. The van der Waals surface area contributed by atoms with Gasteiger partial charge in [0.2, 0.25) is 5.56 Å². The number of hydrogen-bond acceptors (Lipinski definition) is 4. The van der Waals surface area contributed by atoms with Crippen LogP contribution in [0.1, 0.15) is 36.0 Å². The molecule has 2 saturated heterocycles. The molecule has 6 heteroatoms. The van der Waals surface area contributed by atoms with Crippen molar-refractivity contribution < 1.29 is 14.6 Å². The molecule has 1 aromatic heterocycles. The van der Waals surface area contributed by atoms with Gasteiger partial charge < -0.3 is 19.3 Å². The van der Waals surface area contributed by atoms with Gasteiger partial charge in [0.05, 0.1) is 17.3 Å². The summed E-state index contributed by atoms with van der Waals surface area (Å²) in [6.07, 6.45) is 4.12. The first-order valence-electron chi connectivity index (χ1n) is 7.80. The summed E-state index contributed by atoms with van der Waals surface area (Å²) in [6, 6.07) is 2.98. The Morgan fingerprint density at radius 1 is 1.36 bits per heavy atom. The Labute approximate surface area is 129 Å². The SMILES string of the molecule is Cn1cc(C(=O)N2CCC3(CC2)OCCC[C@H]3O)ccc1=O. The molecule has 1 atom stereocenters. The fourth-order valence-electron chi connectivity index (χ4n) is 3.38. The minimum Gasteiger partial charge on any atom is -0.390 e. The van der Waals surface area contributed by atoms with E-state index in [1.54, 1.807) is 24.2 Å². The van der Waals surface area contributed by atoms with Gasteiger partial charge in [-0.15, -0.1) is 0 Å². The number of aromatic nitrogens is 1. The summed E-state index contributed by atoms with van der Waals surface area (Å²) in [5.74, 6) is -0.0734. The van der Waals surface area contributed by atoms with Gasteiger partial charge in [0, 0.05) is 39.0 Å². The van der Waals surface area contributed by atoms with Crippen molar-refractivity contribution in [1.29, 1.82) is 0 Å². The van der Waals surface area contributed by atoms with Gasteiger partial charge in [0.15, 0.2) is 0 Å². The number of likely N-dealkylation sites (tertiary alicyclic amines) is 1. The molecule has 0 unspecified atom stereocenters. The third-order valence-electron chi connectivity index (χ3n) is 4.85. The Balaban J connectivity index is 1.69. The molecule has 0 aromatic carbocycles. The summed E-state index contributed by atoms with van der Waals surface area (Å²) in [7, 11) is 1.64. The van der Waals surface area contributed by atoms with Crippen LogP contribution in [0.2, 0.25) is 0 Å². The number of piperidine rings is 1. The van der Waals surface area contributed by atoms with E-state index in [0.29, 0.717) is 38.1 Å². The number of pyridine rings is 1. The van der Waals surface area contributed by atoms with E-state index in [1.165, 1.54) is 10.6 Å². The number of aryl methyl sites for hydroxylation is 1. The molecule has 1 N–H and O–H groups in total. The molecule has 0 saturated carbocycles. The maximum atomic E-state index is 12.5. The van der Waals surface area contributed by atoms with Gasteiger partial charge in [-0.1, -0.05) is 0 Å². The lowest BCUT2D eigenvalue weighted by Gasteiger charge is -2.46. The molecular formula is C16H22N2O4. The van der Waals surface area contributed by atoms with Crippen molar-refractivity contribution >= 4 is 5.91 Å². The van der Waals surface area contributed by atoms with Gasteiger partial charge in [-0.05, 0) is 31.7 Å². The second kappa shape index (κ2) is 5.85. The molecule has 6 nitrogen and oxygen atoms in total. The van der Waals surface area contributed by atoms with Crippen molar-refractivity contribution in [2.45, 2.75) is 37.4 Å². The van der Waals surface area contributed by atoms with Gasteiger partial charge in [-0.2, -0.15) is 0 Å². The second-order valence-corrected chi connectivity index (χ2v) is 6.23. The van der Waals surface area contributed by atoms with Crippen LogP contribution in [0.15, 0.2) is 23.1 Å². The lowest BCUT2D eigenvalue weighted by molar-refractivity contribution is -0.174. The topological polar surface area (TPSA) is 71.8 Å². The van der Waals surface area contributed by atoms with Crippen molar-refractivity contribution in [3.05, 3.63) is 34.2 Å². The summed E-state index contributed by atoms with van der Waals surface area (Å²) in [4.78, 5) is 25.7. The van der Waals surface area contributed by atoms with Crippen molar-refractivity contribution in [2.75, 3.05) is 19.7 Å². The van der Waals surface area contributed by atoms with Crippen LogP contribution in [0.5, 0.6) is 0 Å². The maximum Gasteiger partial charge on any atom is 0.255 e. The number of carbonyl (C=O) groups is 1. The molecule has 22 heavy (non-hydrogen) atoms. The van der Waals surface area contributed by atoms with Crippen LogP contribution in [0.3, 0.4) is 0 Å². The number of hydrogen-bond donors (Lipinski definition) is 1. The maximum absolute atomic E-state index is 12.5. The summed E-state index contributed by atoms with van der Waals surface area (Å²) in [5, 5.41) is 10.2. The first-order chi connectivity index (χ1) is 10.5. The van der Waals surface area contributed by atoms with Crippen molar-refractivity contribution in [2.24, 2.45) is 7.05 Å². The Hall–Kier alpha value is -1.66. The predicted molar refractivity (Wildman–Crippen MR) is 80.7 cm³/mol. The van der Waals surface area contributed by atoms with E-state index in [9.17, 15) is 14.7 Å². The third-order valence-corrected chi connectivity index (χ3v) is 4.85. The average Bonchev–Trinajstić information content (AvgIpc) is 2.53. The van der Waals surface area contributed by atoms with Gasteiger partial charge in [-0.25, -0.2) is 0 Å². The minimum absolute atomic E-state index is 0.0734. The van der Waals surface area contributed by atoms with E-state index >= 15 is 0 Å². The minimum atomic E-state index is -0.474. The Morgan fingerprint density at radius 2 is 2.09 bits per heavy atom. The summed E-state index contributed by atoms with van der Waals surface area (Å²) in [5.41, 5.74) is -0.0884. The highest BCUT2D eigenvalue weighted by atomic mass is 16.5. The fourth-order valence-corrected chi connectivity index (χ4v) is 3.38. The zero-order chi connectivity index (χ0) is 15.7. The quantitative estimate of drug-likeness (QED) is 0.821. The number of nitrogens with zero attached hydrogens (tertiary/aromatic N) is 2. The molecule has 3 rings (SSSR count). The van der Waals surface area contributed by atoms with Gasteiger partial charge in [0.1, 0.15) is 0 Å². The predicted octanol–water partition coefficient (Wildman–Crippen LogP) is 0.531. The second-order valence-electron chi connectivity index (χ2n) is 6.23. The molecule has 2 aliphatic rings. The molecule has 2 fully saturated rings. The average molecular weight is 306 g/mol. The standard InChI is InChI=1S/C16H22N2O4/c1-17-11-12(4-5-14(17)20)15(21)18-8-6-16(7-9-18)13(19)3-2-10-22-16/h4-5,11,13,19H,2-3,6-10H2,1H3/t13-/m1/s1. The van der Waals surface area contributed by atoms with Crippen LogP contribution in [0.4, 0.5) is 0 Å². The smallest absolute Gasteiger partial charge is 0.255 e. The highest BCUT2D eigenvalue weighted by Gasteiger charge is 2.44. The Kier molecular flexibility index (Phi) is 4.06. The highest BCUT2D eigenvalue weighted by Crippen LogP contribution is 2.35. The Morgan fingerprint density at radius 3 is 2.73 bits per heavy atom. The molecule has 120 valence electrons. The van der Waals surface area contributed by atoms with E-state index in [0.717, 1.165) is 12.8 Å². The first-order valence-corrected chi connectivity index (χ1v) is 7.80. The number of amides is 1. The van der Waals surface area contributed by atoms with Crippen molar-refractivity contribution in [3.8, 4) is 0 Å². The van der Waals surface area contributed by atoms with E-state index in [2.05, 4.69) is 0 Å². The highest BCUT2D eigenvalue weighted by molar-refractivity contribution is 5.94. The molecular weight excluding hydrogens is 284 g/mol. The molecule has 1 spiro atoms. The van der Waals surface area contributed by atoms with Gasteiger partial charge >= 0.3 is 0 Å². The van der Waals surface area contributed by atoms with E-state index in [1.807, 2.05) is 0 Å². The van der Waals surface area contributed by atoms with Crippen LogP contribution in [-0.2, 0) is 11.8 Å². The Bertz CT molecular complexity index is 617. The number of aliphatic hydroxyl groups is 1. The summed E-state index contributed by atoms with van der Waals surface area (Å²) >= 11 is 0.